The third-order valence-electron chi connectivity index (χ3n) is 3.29. The van der Waals surface area contributed by atoms with Crippen molar-refractivity contribution in [2.45, 2.75) is 52.7 Å². The summed E-state index contributed by atoms with van der Waals surface area (Å²) in [6.07, 6.45) is 3.18. The van der Waals surface area contributed by atoms with Crippen molar-refractivity contribution < 1.29 is 19.1 Å². The fourth-order valence-corrected chi connectivity index (χ4v) is 1.95. The van der Waals surface area contributed by atoms with E-state index in [9.17, 15) is 9.59 Å². The van der Waals surface area contributed by atoms with E-state index in [1.807, 2.05) is 27.7 Å². The molecule has 0 aliphatic carbocycles. The lowest BCUT2D eigenvalue weighted by molar-refractivity contribution is -0.127. The second-order valence-corrected chi connectivity index (χ2v) is 5.61. The first-order chi connectivity index (χ1) is 9.43. The Morgan fingerprint density at radius 1 is 1.25 bits per heavy atom. The normalized spacial score (nSPS) is 17.4. The summed E-state index contributed by atoms with van der Waals surface area (Å²) in [6, 6.07) is -0.331. The fraction of sp³-hybridized carbons (Fsp3) is 0.867. The van der Waals surface area contributed by atoms with E-state index >= 15 is 0 Å². The molecule has 1 fully saturated rings. The first-order valence-electron chi connectivity index (χ1n) is 7.28. The summed E-state index contributed by atoms with van der Waals surface area (Å²) in [7, 11) is 1.76. The lowest BCUT2D eigenvalue weighted by Crippen LogP contribution is -2.42. The fourth-order valence-electron chi connectivity index (χ4n) is 1.95. The number of rotatable bonds is 6. The van der Waals surface area contributed by atoms with Crippen molar-refractivity contribution in [3.63, 3.8) is 0 Å². The number of ether oxygens (including phenoxy) is 2. The number of carbonyl (C=O) groups is 2. The van der Waals surface area contributed by atoms with E-state index in [4.69, 9.17) is 9.47 Å². The number of amides is 1. The maximum Gasteiger partial charge on any atom is 0.207 e. The van der Waals surface area contributed by atoms with Crippen LogP contribution in [0, 0.1) is 11.8 Å². The topological polar surface area (TPSA) is 64.6 Å². The highest BCUT2D eigenvalue weighted by molar-refractivity contribution is 5.87. The van der Waals surface area contributed by atoms with Gasteiger partial charge in [0.1, 0.15) is 0 Å². The van der Waals surface area contributed by atoms with Crippen molar-refractivity contribution in [3.8, 4) is 0 Å². The highest BCUT2D eigenvalue weighted by Crippen LogP contribution is 2.08. The van der Waals surface area contributed by atoms with Crippen LogP contribution in [0.2, 0.25) is 0 Å². The van der Waals surface area contributed by atoms with Crippen molar-refractivity contribution in [3.05, 3.63) is 0 Å². The zero-order chi connectivity index (χ0) is 15.5. The maximum atomic E-state index is 11.5. The molecule has 0 aromatic heterocycles. The summed E-state index contributed by atoms with van der Waals surface area (Å²) in [5.74, 6) is 0.229. The zero-order valence-electron chi connectivity index (χ0n) is 13.3. The van der Waals surface area contributed by atoms with E-state index in [-0.39, 0.29) is 23.7 Å². The smallest absolute Gasteiger partial charge is 0.207 e. The molecule has 0 radical (unpaired) electrons. The predicted octanol–water partition coefficient (Wildman–Crippen LogP) is 1.79. The van der Waals surface area contributed by atoms with Crippen molar-refractivity contribution in [1.82, 2.24) is 5.32 Å². The van der Waals surface area contributed by atoms with E-state index in [1.165, 1.54) is 0 Å². The van der Waals surface area contributed by atoms with Crippen LogP contribution in [0.15, 0.2) is 0 Å². The summed E-state index contributed by atoms with van der Waals surface area (Å²) in [4.78, 5) is 21.6. The van der Waals surface area contributed by atoms with E-state index < -0.39 is 0 Å². The van der Waals surface area contributed by atoms with Gasteiger partial charge in [-0.2, -0.15) is 0 Å². The van der Waals surface area contributed by atoms with Gasteiger partial charge in [-0.25, -0.2) is 0 Å². The molecule has 118 valence electrons. The molecule has 20 heavy (non-hydrogen) atoms. The van der Waals surface area contributed by atoms with E-state index in [0.717, 1.165) is 26.1 Å². The van der Waals surface area contributed by atoms with Crippen LogP contribution in [0.1, 0.15) is 40.5 Å². The van der Waals surface area contributed by atoms with Crippen LogP contribution in [-0.2, 0) is 19.1 Å². The van der Waals surface area contributed by atoms with E-state index in [2.05, 4.69) is 5.32 Å². The van der Waals surface area contributed by atoms with Gasteiger partial charge in [0.25, 0.3) is 0 Å². The third-order valence-corrected chi connectivity index (χ3v) is 3.29. The van der Waals surface area contributed by atoms with Crippen LogP contribution < -0.4 is 5.32 Å². The Labute approximate surface area is 122 Å². The molecular formula is C15H29NO4. The Bertz CT molecular complexity index is 273. The molecule has 0 aromatic rings. The standard InChI is InChI=1S/C9H17NO2.C6H12O2/c1-6(2)8(10-5-11)9(12)7(3)4;1-7-6-2-4-8-5-3-6/h5-8H,1-4H3,(H,10,11);6H,2-5H2,1H3. The van der Waals surface area contributed by atoms with Crippen LogP contribution in [0.4, 0.5) is 0 Å². The predicted molar refractivity (Wildman–Crippen MR) is 78.5 cm³/mol. The number of Topliss-reactive ketones (excluding diaryl/α,β-unsaturated/α-hetero) is 1. The average Bonchev–Trinajstić information content (AvgIpc) is 2.45. The second kappa shape index (κ2) is 10.8. The molecule has 0 aromatic carbocycles. The first kappa shape index (κ1) is 19.1. The molecule has 1 N–H and O–H groups in total. The summed E-state index contributed by atoms with van der Waals surface area (Å²) in [5.41, 5.74) is 0. The van der Waals surface area contributed by atoms with Crippen molar-refractivity contribution in [2.75, 3.05) is 20.3 Å². The second-order valence-electron chi connectivity index (χ2n) is 5.61. The molecule has 1 aliphatic rings. The van der Waals surface area contributed by atoms with Crippen molar-refractivity contribution >= 4 is 12.2 Å². The van der Waals surface area contributed by atoms with Gasteiger partial charge in [-0.3, -0.25) is 9.59 Å². The van der Waals surface area contributed by atoms with Crippen LogP contribution in [0.3, 0.4) is 0 Å². The molecule has 0 saturated carbocycles. The molecule has 1 aliphatic heterocycles. The molecular weight excluding hydrogens is 258 g/mol. The Balaban J connectivity index is 0.000000388. The molecule has 1 atom stereocenters. The number of ketones is 1. The summed E-state index contributed by atoms with van der Waals surface area (Å²) < 4.78 is 10.2. The summed E-state index contributed by atoms with van der Waals surface area (Å²) in [6.45, 7) is 9.26. The van der Waals surface area contributed by atoms with Gasteiger partial charge in [0, 0.05) is 26.2 Å². The molecule has 1 rings (SSSR count). The lowest BCUT2D eigenvalue weighted by atomic mass is 9.93. The Morgan fingerprint density at radius 2 is 1.80 bits per heavy atom. The molecule has 0 bridgehead atoms. The molecule has 5 heteroatoms. The number of nitrogens with one attached hydrogen (secondary N) is 1. The molecule has 5 nitrogen and oxygen atoms in total. The van der Waals surface area contributed by atoms with Gasteiger partial charge >= 0.3 is 0 Å². The number of carbonyl (C=O) groups excluding carboxylic acids is 2. The van der Waals surface area contributed by atoms with E-state index in [1.54, 1.807) is 7.11 Å². The van der Waals surface area contributed by atoms with Crippen LogP contribution in [0.25, 0.3) is 0 Å². The van der Waals surface area contributed by atoms with Crippen molar-refractivity contribution in [2.24, 2.45) is 11.8 Å². The van der Waals surface area contributed by atoms with Gasteiger partial charge in [0.15, 0.2) is 5.78 Å². The lowest BCUT2D eigenvalue weighted by Gasteiger charge is -2.20. The Hall–Kier alpha value is -0.940. The van der Waals surface area contributed by atoms with Gasteiger partial charge in [-0.15, -0.1) is 0 Å². The number of hydrogen-bond donors (Lipinski definition) is 1. The monoisotopic (exact) mass is 287 g/mol. The van der Waals surface area contributed by atoms with Gasteiger partial charge in [-0.05, 0) is 18.8 Å². The largest absolute Gasteiger partial charge is 0.381 e. The van der Waals surface area contributed by atoms with Gasteiger partial charge < -0.3 is 14.8 Å². The molecule has 1 amide bonds. The maximum absolute atomic E-state index is 11.5. The van der Waals surface area contributed by atoms with Gasteiger partial charge in [-0.1, -0.05) is 27.7 Å². The third kappa shape index (κ3) is 7.60. The zero-order valence-corrected chi connectivity index (χ0v) is 13.3. The highest BCUT2D eigenvalue weighted by atomic mass is 16.5. The number of hydrogen-bond acceptors (Lipinski definition) is 4. The highest BCUT2D eigenvalue weighted by Gasteiger charge is 2.23. The summed E-state index contributed by atoms with van der Waals surface area (Å²) in [5, 5.41) is 2.53. The van der Waals surface area contributed by atoms with Crippen LogP contribution >= 0.6 is 0 Å². The molecule has 1 unspecified atom stereocenters. The summed E-state index contributed by atoms with van der Waals surface area (Å²) >= 11 is 0. The van der Waals surface area contributed by atoms with Crippen molar-refractivity contribution in [1.29, 1.82) is 0 Å². The van der Waals surface area contributed by atoms with Gasteiger partial charge in [0.05, 0.1) is 12.1 Å². The molecule has 1 saturated heterocycles. The SMILES string of the molecule is CC(C)C(=O)C(NC=O)C(C)C.COC1CCOCC1. The minimum absolute atomic E-state index is 0.0233. The molecule has 0 spiro atoms. The Kier molecular flexibility index (Phi) is 10.3. The minimum Gasteiger partial charge on any atom is -0.381 e. The molecule has 1 heterocycles. The van der Waals surface area contributed by atoms with Crippen LogP contribution in [0.5, 0.6) is 0 Å². The van der Waals surface area contributed by atoms with Gasteiger partial charge in [0.2, 0.25) is 6.41 Å². The van der Waals surface area contributed by atoms with E-state index in [0.29, 0.717) is 12.5 Å². The Morgan fingerprint density at radius 3 is 2.10 bits per heavy atom. The average molecular weight is 287 g/mol. The quantitative estimate of drug-likeness (QED) is 0.757. The first-order valence-corrected chi connectivity index (χ1v) is 7.28. The minimum atomic E-state index is -0.331. The van der Waals surface area contributed by atoms with Crippen LogP contribution in [-0.4, -0.2) is 44.7 Å². The number of methoxy groups -OCH3 is 1.